The Bertz CT molecular complexity index is 1370. The highest BCUT2D eigenvalue weighted by molar-refractivity contribution is 7.08. The second-order valence-electron chi connectivity index (χ2n) is 8.51. The van der Waals surface area contributed by atoms with Crippen LogP contribution in [0.25, 0.3) is 28.1 Å². The predicted octanol–water partition coefficient (Wildman–Crippen LogP) is 4.03. The fraction of sp³-hybridized carbons (Fsp3) is 0.280. The lowest BCUT2D eigenvalue weighted by Crippen LogP contribution is -2.35. The molecule has 1 fully saturated rings. The third kappa shape index (κ3) is 3.48. The number of aromatic nitrogens is 3. The molecule has 0 saturated carbocycles. The van der Waals surface area contributed by atoms with Crippen LogP contribution in [0.5, 0.6) is 11.5 Å². The van der Waals surface area contributed by atoms with Gasteiger partial charge in [0.1, 0.15) is 18.1 Å². The molecule has 1 atom stereocenters. The highest BCUT2D eigenvalue weighted by Crippen LogP contribution is 2.46. The summed E-state index contributed by atoms with van der Waals surface area (Å²) in [5.74, 6) is 1.23. The van der Waals surface area contributed by atoms with Crippen LogP contribution in [0.15, 0.2) is 47.4 Å². The van der Waals surface area contributed by atoms with Crippen LogP contribution in [-0.4, -0.2) is 46.6 Å². The monoisotopic (exact) mass is 476 g/mol. The van der Waals surface area contributed by atoms with E-state index in [2.05, 4.69) is 11.4 Å². The predicted molar refractivity (Wildman–Crippen MR) is 129 cm³/mol. The summed E-state index contributed by atoms with van der Waals surface area (Å²) < 4.78 is 21.1. The van der Waals surface area contributed by atoms with Crippen molar-refractivity contribution in [3.63, 3.8) is 0 Å². The molecule has 1 aromatic carbocycles. The first-order chi connectivity index (χ1) is 16.6. The van der Waals surface area contributed by atoms with E-state index in [-0.39, 0.29) is 18.6 Å². The van der Waals surface area contributed by atoms with Gasteiger partial charge in [0, 0.05) is 59.7 Å². The summed E-state index contributed by atoms with van der Waals surface area (Å²) >= 11 is 1.59. The largest absolute Gasteiger partial charge is 0.496 e. The van der Waals surface area contributed by atoms with Gasteiger partial charge >= 0.3 is 0 Å². The zero-order valence-electron chi connectivity index (χ0n) is 18.9. The molecular formula is C25H24N4O4S. The molecule has 1 N–H and O–H groups in total. The summed E-state index contributed by atoms with van der Waals surface area (Å²) in [6, 6.07) is 8.04. The molecule has 0 radical (unpaired) electrons. The molecule has 5 heterocycles. The van der Waals surface area contributed by atoms with Gasteiger partial charge in [0.2, 0.25) is 0 Å². The first-order valence-corrected chi connectivity index (χ1v) is 12.1. The molecule has 3 aromatic heterocycles. The molecule has 2 aliphatic heterocycles. The van der Waals surface area contributed by atoms with E-state index in [1.165, 1.54) is 0 Å². The average Bonchev–Trinajstić information content (AvgIpc) is 3.64. The number of methoxy groups -OCH3 is 1. The lowest BCUT2D eigenvalue weighted by Gasteiger charge is -2.22. The normalized spacial score (nSPS) is 16.6. The minimum absolute atomic E-state index is 0.000173. The fourth-order valence-corrected chi connectivity index (χ4v) is 5.20. The van der Waals surface area contributed by atoms with Crippen LogP contribution in [0.2, 0.25) is 0 Å². The fourth-order valence-electron chi connectivity index (χ4n) is 4.59. The molecule has 1 saturated heterocycles. The van der Waals surface area contributed by atoms with Gasteiger partial charge in [-0.3, -0.25) is 4.79 Å². The summed E-state index contributed by atoms with van der Waals surface area (Å²) in [4.78, 5) is 13.2. The zero-order valence-corrected chi connectivity index (χ0v) is 19.7. The van der Waals surface area contributed by atoms with Crippen molar-refractivity contribution in [3.05, 3.63) is 58.7 Å². The maximum absolute atomic E-state index is 13.2. The van der Waals surface area contributed by atoms with Crippen molar-refractivity contribution in [2.45, 2.75) is 19.1 Å². The number of nitrogens with zero attached hydrogens (tertiary/aromatic N) is 3. The molecule has 0 bridgehead atoms. The van der Waals surface area contributed by atoms with Crippen LogP contribution < -0.4 is 14.8 Å². The molecule has 1 amide bonds. The molecule has 2 aliphatic rings. The number of amides is 1. The molecule has 4 aromatic rings. The van der Waals surface area contributed by atoms with Crippen molar-refractivity contribution in [2.24, 2.45) is 7.05 Å². The topological polar surface area (TPSA) is 79.5 Å². The molecule has 6 rings (SSSR count). The van der Waals surface area contributed by atoms with Crippen molar-refractivity contribution in [2.75, 3.05) is 20.3 Å². The number of benzene rings is 1. The second kappa shape index (κ2) is 8.34. The maximum atomic E-state index is 13.2. The van der Waals surface area contributed by atoms with Crippen LogP contribution in [0, 0.1) is 0 Å². The van der Waals surface area contributed by atoms with E-state index in [9.17, 15) is 4.79 Å². The standard InChI is InChI=1S/C25H24N4O4S/c1-28-6-3-15(11-28)18-9-19-22(10-21(18)31-2)33-13-20-23(25(30)26-16-4-7-32-12-16)27-29(24(19)20)17-5-8-34-14-17/h3,5-6,8-11,14,16H,4,7,12-13H2,1-2H3,(H,26,30). The van der Waals surface area contributed by atoms with Crippen molar-refractivity contribution >= 4 is 17.2 Å². The summed E-state index contributed by atoms with van der Waals surface area (Å²) in [7, 11) is 3.65. The van der Waals surface area contributed by atoms with E-state index in [0.717, 1.165) is 45.8 Å². The quantitative estimate of drug-likeness (QED) is 0.471. The average molecular weight is 477 g/mol. The lowest BCUT2D eigenvalue weighted by atomic mass is 9.97. The first kappa shape index (κ1) is 21.0. The molecule has 34 heavy (non-hydrogen) atoms. The Hall–Kier alpha value is -3.56. The van der Waals surface area contributed by atoms with Crippen molar-refractivity contribution < 1.29 is 19.0 Å². The number of hydrogen-bond donors (Lipinski definition) is 1. The number of rotatable bonds is 5. The number of hydrogen-bond acceptors (Lipinski definition) is 6. The lowest BCUT2D eigenvalue weighted by molar-refractivity contribution is 0.0922. The van der Waals surface area contributed by atoms with Gasteiger partial charge in [-0.25, -0.2) is 4.68 Å². The summed E-state index contributed by atoms with van der Waals surface area (Å²) in [5, 5.41) is 11.9. The van der Waals surface area contributed by atoms with Gasteiger partial charge in [-0.1, -0.05) is 0 Å². The van der Waals surface area contributed by atoms with E-state index >= 15 is 0 Å². The van der Waals surface area contributed by atoms with Gasteiger partial charge in [0.05, 0.1) is 31.1 Å². The van der Waals surface area contributed by atoms with Gasteiger partial charge in [0.25, 0.3) is 5.91 Å². The van der Waals surface area contributed by atoms with Gasteiger partial charge in [-0.05, 0) is 30.0 Å². The summed E-state index contributed by atoms with van der Waals surface area (Å²) in [6.07, 6.45) is 4.85. The number of ether oxygens (including phenoxy) is 3. The number of fused-ring (bicyclic) bond motifs is 3. The highest BCUT2D eigenvalue weighted by Gasteiger charge is 2.32. The number of aryl methyl sites for hydroxylation is 1. The van der Waals surface area contributed by atoms with Crippen molar-refractivity contribution in [1.29, 1.82) is 0 Å². The Kier molecular flexibility index (Phi) is 5.15. The Morgan fingerprint density at radius 1 is 1.29 bits per heavy atom. The number of carbonyl (C=O) groups excluding carboxylic acids is 1. The maximum Gasteiger partial charge on any atom is 0.272 e. The van der Waals surface area contributed by atoms with Gasteiger partial charge < -0.3 is 24.1 Å². The number of nitrogens with one attached hydrogen (secondary N) is 1. The van der Waals surface area contributed by atoms with E-state index in [1.54, 1.807) is 18.4 Å². The van der Waals surface area contributed by atoms with E-state index < -0.39 is 0 Å². The smallest absolute Gasteiger partial charge is 0.272 e. The van der Waals surface area contributed by atoms with Crippen molar-refractivity contribution in [1.82, 2.24) is 19.7 Å². The highest BCUT2D eigenvalue weighted by atomic mass is 32.1. The molecule has 8 nitrogen and oxygen atoms in total. The minimum atomic E-state index is -0.204. The van der Waals surface area contributed by atoms with Crippen LogP contribution in [0.4, 0.5) is 0 Å². The molecule has 1 unspecified atom stereocenters. The molecular weight excluding hydrogens is 452 g/mol. The van der Waals surface area contributed by atoms with Crippen LogP contribution >= 0.6 is 11.3 Å². The minimum Gasteiger partial charge on any atom is -0.496 e. The zero-order chi connectivity index (χ0) is 23.2. The van der Waals surface area contributed by atoms with E-state index in [0.29, 0.717) is 24.7 Å². The molecule has 0 aliphatic carbocycles. The van der Waals surface area contributed by atoms with Crippen LogP contribution in [0.3, 0.4) is 0 Å². The van der Waals surface area contributed by atoms with Gasteiger partial charge in [0.15, 0.2) is 5.69 Å². The van der Waals surface area contributed by atoms with Crippen molar-refractivity contribution in [3.8, 4) is 39.6 Å². The Labute approximate surface area is 200 Å². The van der Waals surface area contributed by atoms with Crippen LogP contribution in [0.1, 0.15) is 22.5 Å². The van der Waals surface area contributed by atoms with Crippen LogP contribution in [-0.2, 0) is 18.4 Å². The van der Waals surface area contributed by atoms with Gasteiger partial charge in [-0.2, -0.15) is 16.4 Å². The van der Waals surface area contributed by atoms with E-state index in [1.807, 2.05) is 57.6 Å². The summed E-state index contributed by atoms with van der Waals surface area (Å²) in [5.41, 5.74) is 5.81. The molecule has 174 valence electrons. The first-order valence-electron chi connectivity index (χ1n) is 11.1. The third-order valence-electron chi connectivity index (χ3n) is 6.29. The Morgan fingerprint density at radius 3 is 2.91 bits per heavy atom. The third-order valence-corrected chi connectivity index (χ3v) is 6.96. The molecule has 0 spiro atoms. The van der Waals surface area contributed by atoms with Gasteiger partial charge in [-0.15, -0.1) is 0 Å². The number of thiophene rings is 1. The number of carbonyl (C=O) groups is 1. The SMILES string of the molecule is COc1cc2c(cc1-c1ccn(C)c1)-c1c(c(C(=O)NC3CCOC3)nn1-c1ccsc1)CO2. The Balaban J connectivity index is 1.52. The Morgan fingerprint density at radius 2 is 2.21 bits per heavy atom. The second-order valence-corrected chi connectivity index (χ2v) is 9.29. The summed E-state index contributed by atoms with van der Waals surface area (Å²) in [6.45, 7) is 1.44. The van der Waals surface area contributed by atoms with E-state index in [4.69, 9.17) is 19.3 Å². The molecule has 9 heteroatoms.